The van der Waals surface area contributed by atoms with Gasteiger partial charge in [0.1, 0.15) is 0 Å². The average molecular weight is 320 g/mol. The first-order valence-electron chi connectivity index (χ1n) is 7.19. The van der Waals surface area contributed by atoms with Gasteiger partial charge >= 0.3 is 0 Å². The zero-order valence-electron chi connectivity index (χ0n) is 12.9. The summed E-state index contributed by atoms with van der Waals surface area (Å²) in [6, 6.07) is 5.08. The normalized spacial score (nSPS) is 11.5. The molecule has 1 aromatic carbocycles. The summed E-state index contributed by atoms with van der Waals surface area (Å²) >= 11 is 5.23. The number of H-pyrrole nitrogens is 1. The van der Waals surface area contributed by atoms with Crippen LogP contribution in [0.2, 0.25) is 0 Å². The summed E-state index contributed by atoms with van der Waals surface area (Å²) in [5.74, 6) is 1.62. The Morgan fingerprint density at radius 2 is 2.18 bits per heavy atom. The second-order valence-corrected chi connectivity index (χ2v) is 5.27. The van der Waals surface area contributed by atoms with Crippen LogP contribution in [0.5, 0.6) is 11.5 Å². The maximum absolute atomic E-state index is 9.79. The number of aromatic amines is 1. The molecule has 0 radical (unpaired) electrons. The van der Waals surface area contributed by atoms with Crippen LogP contribution in [0, 0.1) is 4.77 Å². The topological polar surface area (TPSA) is 75.4 Å². The molecule has 2 rings (SSSR count). The summed E-state index contributed by atoms with van der Waals surface area (Å²) < 4.78 is 7.11. The van der Waals surface area contributed by atoms with Crippen molar-refractivity contribution >= 4 is 18.4 Å². The molecule has 7 heteroatoms. The minimum Gasteiger partial charge on any atom is -0.504 e. The van der Waals surface area contributed by atoms with E-state index in [2.05, 4.69) is 29.1 Å². The van der Waals surface area contributed by atoms with Crippen molar-refractivity contribution in [1.82, 2.24) is 14.9 Å². The molecule has 0 saturated carbocycles. The van der Waals surface area contributed by atoms with E-state index in [1.54, 1.807) is 23.0 Å². The summed E-state index contributed by atoms with van der Waals surface area (Å²) in [6.07, 6.45) is 3.57. The van der Waals surface area contributed by atoms with Gasteiger partial charge in [-0.05, 0) is 48.8 Å². The summed E-state index contributed by atoms with van der Waals surface area (Å²) in [5, 5.41) is 21.2. The van der Waals surface area contributed by atoms with Gasteiger partial charge in [-0.25, -0.2) is 0 Å². The number of aromatic nitrogens is 3. The third kappa shape index (κ3) is 3.36. The maximum Gasteiger partial charge on any atom is 0.216 e. The lowest BCUT2D eigenvalue weighted by atomic mass is 10.0. The largest absolute Gasteiger partial charge is 0.504 e. The Balaban J connectivity index is 2.32. The van der Waals surface area contributed by atoms with Crippen LogP contribution in [0.4, 0.5) is 0 Å². The quantitative estimate of drug-likeness (QED) is 0.631. The first kappa shape index (κ1) is 16.2. The molecule has 2 N–H and O–H groups in total. The molecule has 0 spiro atoms. The number of aromatic hydroxyl groups is 1. The van der Waals surface area contributed by atoms with Gasteiger partial charge in [0.05, 0.1) is 13.3 Å². The molecule has 22 heavy (non-hydrogen) atoms. The molecule has 0 unspecified atom stereocenters. The Hall–Kier alpha value is -2.15. The van der Waals surface area contributed by atoms with Crippen molar-refractivity contribution in [3.05, 3.63) is 34.4 Å². The number of hydrogen-bond acceptors (Lipinski definition) is 5. The van der Waals surface area contributed by atoms with Crippen LogP contribution in [-0.4, -0.2) is 33.3 Å². The van der Waals surface area contributed by atoms with E-state index in [0.717, 1.165) is 24.2 Å². The average Bonchev–Trinajstić information content (AvgIpc) is 2.88. The first-order chi connectivity index (χ1) is 10.6. The molecule has 0 aliphatic heterocycles. The molecule has 0 atom stereocenters. The number of nitrogens with one attached hydrogen (secondary N) is 1. The first-order valence-corrected chi connectivity index (χ1v) is 7.60. The summed E-state index contributed by atoms with van der Waals surface area (Å²) in [5.41, 5.74) is 0.747. The van der Waals surface area contributed by atoms with E-state index in [4.69, 9.17) is 17.0 Å². The lowest BCUT2D eigenvalue weighted by Crippen LogP contribution is -2.05. The highest BCUT2D eigenvalue weighted by Crippen LogP contribution is 2.25. The van der Waals surface area contributed by atoms with Crippen molar-refractivity contribution in [1.29, 1.82) is 0 Å². The van der Waals surface area contributed by atoms with Crippen molar-refractivity contribution < 1.29 is 9.84 Å². The number of phenolic OH excluding ortho intramolecular Hbond substituents is 1. The second kappa shape index (κ2) is 7.22. The highest BCUT2D eigenvalue weighted by molar-refractivity contribution is 7.71. The van der Waals surface area contributed by atoms with Crippen LogP contribution in [0.15, 0.2) is 23.3 Å². The van der Waals surface area contributed by atoms with Gasteiger partial charge in [-0.2, -0.15) is 14.9 Å². The molecule has 0 amide bonds. The van der Waals surface area contributed by atoms with Gasteiger partial charge in [0.25, 0.3) is 0 Å². The van der Waals surface area contributed by atoms with Crippen molar-refractivity contribution in [3.8, 4) is 11.5 Å². The van der Waals surface area contributed by atoms with Crippen molar-refractivity contribution in [2.45, 2.75) is 32.6 Å². The van der Waals surface area contributed by atoms with E-state index in [1.807, 2.05) is 6.07 Å². The molecule has 118 valence electrons. The molecular formula is C15H20N4O2S. The van der Waals surface area contributed by atoms with Gasteiger partial charge in [0.2, 0.25) is 4.77 Å². The van der Waals surface area contributed by atoms with Gasteiger partial charge in [-0.1, -0.05) is 13.8 Å². The van der Waals surface area contributed by atoms with Crippen LogP contribution in [0.25, 0.3) is 0 Å². The predicted molar refractivity (Wildman–Crippen MR) is 88.4 cm³/mol. The molecule has 0 fully saturated rings. The smallest absolute Gasteiger partial charge is 0.216 e. The van der Waals surface area contributed by atoms with Crippen LogP contribution in [0.3, 0.4) is 0 Å². The van der Waals surface area contributed by atoms with E-state index in [0.29, 0.717) is 16.4 Å². The Morgan fingerprint density at radius 3 is 2.77 bits per heavy atom. The monoisotopic (exact) mass is 320 g/mol. The van der Waals surface area contributed by atoms with E-state index in [1.165, 1.54) is 7.11 Å². The third-order valence-electron chi connectivity index (χ3n) is 3.55. The minimum atomic E-state index is 0.0717. The van der Waals surface area contributed by atoms with E-state index in [-0.39, 0.29) is 5.75 Å². The minimum absolute atomic E-state index is 0.0717. The summed E-state index contributed by atoms with van der Waals surface area (Å²) in [7, 11) is 1.51. The fourth-order valence-electron chi connectivity index (χ4n) is 2.25. The highest BCUT2D eigenvalue weighted by atomic mass is 32.1. The number of hydrogen-bond donors (Lipinski definition) is 2. The van der Waals surface area contributed by atoms with Gasteiger partial charge in [0.15, 0.2) is 17.3 Å². The fraction of sp³-hybridized carbons (Fsp3) is 0.400. The molecular weight excluding hydrogens is 300 g/mol. The van der Waals surface area contributed by atoms with Crippen LogP contribution >= 0.6 is 12.2 Å². The Kier molecular flexibility index (Phi) is 5.32. The van der Waals surface area contributed by atoms with E-state index < -0.39 is 0 Å². The highest BCUT2D eigenvalue weighted by Gasteiger charge is 2.14. The lowest BCUT2D eigenvalue weighted by Gasteiger charge is -2.10. The van der Waals surface area contributed by atoms with Crippen molar-refractivity contribution in [2.75, 3.05) is 7.11 Å². The standard InChI is InChI=1S/C15H20N4O2S/c1-4-11(5-2)14-17-18-15(22)19(14)16-9-10-6-7-13(21-3)12(20)8-10/h6-9,11,20H,4-5H2,1-3H3,(H,18,22)/b16-9-. The van der Waals surface area contributed by atoms with Crippen LogP contribution < -0.4 is 4.74 Å². The molecule has 6 nitrogen and oxygen atoms in total. The van der Waals surface area contributed by atoms with Crippen molar-refractivity contribution in [3.63, 3.8) is 0 Å². The maximum atomic E-state index is 9.79. The summed E-state index contributed by atoms with van der Waals surface area (Å²) in [6.45, 7) is 4.23. The van der Waals surface area contributed by atoms with Crippen LogP contribution in [-0.2, 0) is 0 Å². The van der Waals surface area contributed by atoms with E-state index in [9.17, 15) is 5.11 Å². The van der Waals surface area contributed by atoms with Gasteiger partial charge in [-0.15, -0.1) is 0 Å². The predicted octanol–water partition coefficient (Wildman–Crippen LogP) is 3.44. The van der Waals surface area contributed by atoms with Crippen molar-refractivity contribution in [2.24, 2.45) is 5.10 Å². The third-order valence-corrected chi connectivity index (χ3v) is 3.82. The summed E-state index contributed by atoms with van der Waals surface area (Å²) in [4.78, 5) is 0. The fourth-order valence-corrected chi connectivity index (χ4v) is 2.43. The molecule has 1 heterocycles. The SMILES string of the molecule is CCC(CC)c1n[nH]c(=S)n1/N=C\c1ccc(OC)c(O)c1. The number of benzene rings is 1. The Labute approximate surface area is 134 Å². The molecule has 1 aromatic heterocycles. The second-order valence-electron chi connectivity index (χ2n) is 4.89. The van der Waals surface area contributed by atoms with Gasteiger partial charge in [0, 0.05) is 5.92 Å². The van der Waals surface area contributed by atoms with E-state index >= 15 is 0 Å². The number of ether oxygens (including phenoxy) is 1. The molecule has 0 aliphatic rings. The number of nitrogens with zero attached hydrogens (tertiary/aromatic N) is 3. The molecule has 0 saturated heterocycles. The Bertz CT molecular complexity index is 717. The Morgan fingerprint density at radius 1 is 1.45 bits per heavy atom. The molecule has 2 aromatic rings. The van der Waals surface area contributed by atoms with Gasteiger partial charge in [-0.3, -0.25) is 5.10 Å². The zero-order chi connectivity index (χ0) is 16.1. The lowest BCUT2D eigenvalue weighted by molar-refractivity contribution is 0.373. The molecule has 0 aliphatic carbocycles. The number of methoxy groups -OCH3 is 1. The van der Waals surface area contributed by atoms with Crippen LogP contribution in [0.1, 0.15) is 44.0 Å². The van der Waals surface area contributed by atoms with Gasteiger partial charge < -0.3 is 9.84 Å². The zero-order valence-corrected chi connectivity index (χ0v) is 13.7. The molecule has 0 bridgehead atoms. The number of phenols is 1. The number of rotatable bonds is 6.